The first-order chi connectivity index (χ1) is 11.6. The van der Waals surface area contributed by atoms with Crippen molar-refractivity contribution in [2.45, 2.75) is 5.88 Å². The molecule has 3 aromatic heterocycles. The third-order valence-corrected chi connectivity index (χ3v) is 3.20. The number of aromatic nitrogens is 5. The van der Waals surface area contributed by atoms with Gasteiger partial charge in [0.1, 0.15) is 5.82 Å². The van der Waals surface area contributed by atoms with Gasteiger partial charge in [0.15, 0.2) is 11.4 Å². The van der Waals surface area contributed by atoms with E-state index in [1.807, 2.05) is 16.8 Å². The third kappa shape index (κ3) is 7.54. The highest BCUT2D eigenvalue weighted by Crippen LogP contribution is 2.04. The first-order valence-electron chi connectivity index (χ1n) is 6.59. The smallest absolute Gasteiger partial charge is 0.162 e. The van der Waals surface area contributed by atoms with Crippen molar-refractivity contribution in [3.8, 4) is 0 Å². The van der Waals surface area contributed by atoms with Crippen LogP contribution in [0.1, 0.15) is 5.69 Å². The molecule has 0 fully saturated rings. The Balaban J connectivity index is 0.000000194. The molecule has 0 radical (unpaired) electrons. The molecule has 3 aromatic rings. The van der Waals surface area contributed by atoms with Gasteiger partial charge in [-0.25, -0.2) is 9.97 Å². The Hall–Kier alpha value is -1.96. The van der Waals surface area contributed by atoms with Crippen molar-refractivity contribution in [1.82, 2.24) is 24.3 Å². The Kier molecular flexibility index (Phi) is 9.67. The largest absolute Gasteiger partial charge is 0.382 e. The van der Waals surface area contributed by atoms with E-state index in [1.165, 1.54) is 6.20 Å². The average molecular weight is 390 g/mol. The van der Waals surface area contributed by atoms with E-state index in [2.05, 4.69) is 19.9 Å². The van der Waals surface area contributed by atoms with Crippen LogP contribution in [0.2, 0.25) is 0 Å². The van der Waals surface area contributed by atoms with Gasteiger partial charge in [-0.1, -0.05) is 0 Å². The van der Waals surface area contributed by atoms with Gasteiger partial charge in [-0.3, -0.25) is 14.8 Å². The van der Waals surface area contributed by atoms with Gasteiger partial charge in [-0.05, 0) is 0 Å². The van der Waals surface area contributed by atoms with E-state index in [-0.39, 0.29) is 17.5 Å². The Morgan fingerprint density at radius 1 is 1.08 bits per heavy atom. The van der Waals surface area contributed by atoms with Crippen molar-refractivity contribution in [2.24, 2.45) is 0 Å². The highest BCUT2D eigenvalue weighted by atomic mass is 35.5. The predicted octanol–water partition coefficient (Wildman–Crippen LogP) is 2.56. The lowest BCUT2D eigenvalue weighted by Crippen LogP contribution is -1.98. The number of alkyl halides is 3. The van der Waals surface area contributed by atoms with Crippen molar-refractivity contribution < 1.29 is 4.79 Å². The highest BCUT2D eigenvalue weighted by Gasteiger charge is 1.97. The standard InChI is InChI=1S/C7H6ClN3.C4H5N3.C3H4Cl2O/c8-3-6-5-11-2-1-9-4-7(11)10-6;5-4-3-6-1-2-7-4;4-1-3(6)2-5/h1-2,4-5H,3H2;1-3H,(H2,5,7);1-2H2. The summed E-state index contributed by atoms with van der Waals surface area (Å²) >= 11 is 15.6. The van der Waals surface area contributed by atoms with Crippen molar-refractivity contribution in [3.05, 3.63) is 49.1 Å². The van der Waals surface area contributed by atoms with Crippen LogP contribution in [0.15, 0.2) is 43.4 Å². The van der Waals surface area contributed by atoms with Crippen LogP contribution in [0.5, 0.6) is 0 Å². The van der Waals surface area contributed by atoms with E-state index in [4.69, 9.17) is 40.5 Å². The van der Waals surface area contributed by atoms with Crippen molar-refractivity contribution >= 4 is 52.1 Å². The van der Waals surface area contributed by atoms with Gasteiger partial charge in [0.2, 0.25) is 0 Å². The van der Waals surface area contributed by atoms with Gasteiger partial charge in [-0.15, -0.1) is 34.8 Å². The Morgan fingerprint density at radius 3 is 2.21 bits per heavy atom. The van der Waals surface area contributed by atoms with Crippen LogP contribution in [0.4, 0.5) is 5.82 Å². The van der Waals surface area contributed by atoms with Crippen LogP contribution in [0.3, 0.4) is 0 Å². The maximum atomic E-state index is 9.92. The maximum Gasteiger partial charge on any atom is 0.162 e. The molecule has 2 N–H and O–H groups in total. The zero-order chi connectivity index (χ0) is 17.8. The van der Waals surface area contributed by atoms with Crippen LogP contribution < -0.4 is 5.73 Å². The number of anilines is 1. The number of imidazole rings is 1. The van der Waals surface area contributed by atoms with Crippen molar-refractivity contribution in [1.29, 1.82) is 0 Å². The number of hydrogen-bond donors (Lipinski definition) is 1. The lowest BCUT2D eigenvalue weighted by molar-refractivity contribution is -0.114. The summed E-state index contributed by atoms with van der Waals surface area (Å²) in [5.41, 5.74) is 6.90. The Morgan fingerprint density at radius 2 is 1.79 bits per heavy atom. The maximum absolute atomic E-state index is 9.92. The summed E-state index contributed by atoms with van der Waals surface area (Å²) in [4.78, 5) is 25.4. The van der Waals surface area contributed by atoms with E-state index < -0.39 is 0 Å². The number of Topliss-reactive ketones (excluding diaryl/α,β-unsaturated/α-hetero) is 1. The Bertz CT molecular complexity index is 698. The molecule has 10 heteroatoms. The monoisotopic (exact) mass is 388 g/mol. The Labute approximate surface area is 153 Å². The molecule has 0 atom stereocenters. The average Bonchev–Trinajstić information content (AvgIpc) is 3.06. The molecule has 24 heavy (non-hydrogen) atoms. The number of fused-ring (bicyclic) bond motifs is 1. The van der Waals surface area contributed by atoms with Gasteiger partial charge in [-0.2, -0.15) is 0 Å². The molecule has 3 rings (SSSR count). The minimum Gasteiger partial charge on any atom is -0.382 e. The second-order valence-corrected chi connectivity index (χ2v) is 4.95. The zero-order valence-electron chi connectivity index (χ0n) is 12.5. The predicted molar refractivity (Wildman–Crippen MR) is 95.4 cm³/mol. The van der Waals surface area contributed by atoms with Crippen molar-refractivity contribution in [2.75, 3.05) is 17.5 Å². The molecule has 0 saturated heterocycles. The molecule has 0 aliphatic carbocycles. The van der Waals surface area contributed by atoms with Gasteiger partial charge >= 0.3 is 0 Å². The molecule has 0 aromatic carbocycles. The van der Waals surface area contributed by atoms with Gasteiger partial charge < -0.3 is 10.1 Å². The molecule has 0 unspecified atom stereocenters. The number of carbonyl (C=O) groups excluding carboxylic acids is 1. The fraction of sp³-hybridized carbons (Fsp3) is 0.214. The lowest BCUT2D eigenvalue weighted by atomic mass is 10.5. The van der Waals surface area contributed by atoms with Crippen LogP contribution in [0.25, 0.3) is 5.65 Å². The van der Waals surface area contributed by atoms with Gasteiger partial charge in [0.05, 0.1) is 35.7 Å². The van der Waals surface area contributed by atoms with E-state index in [9.17, 15) is 4.79 Å². The molecule has 0 aliphatic heterocycles. The number of nitrogens with zero attached hydrogens (tertiary/aromatic N) is 5. The number of hydrogen-bond acceptors (Lipinski definition) is 6. The highest BCUT2D eigenvalue weighted by molar-refractivity contribution is 6.35. The number of nitrogen functional groups attached to an aromatic ring is 1. The quantitative estimate of drug-likeness (QED) is 0.691. The molecular weight excluding hydrogens is 375 g/mol. The summed E-state index contributed by atoms with van der Waals surface area (Å²) in [5.74, 6) is 0.843. The number of halogens is 3. The first kappa shape index (κ1) is 20.1. The molecule has 0 amide bonds. The number of rotatable bonds is 3. The summed E-state index contributed by atoms with van der Waals surface area (Å²) in [6.45, 7) is 0. The SMILES string of the molecule is ClCc1cn2ccncc2n1.Nc1cnccn1.O=C(CCl)CCl. The van der Waals surface area contributed by atoms with Crippen LogP contribution >= 0.6 is 34.8 Å². The zero-order valence-corrected chi connectivity index (χ0v) is 14.8. The fourth-order valence-corrected chi connectivity index (χ4v) is 1.72. The normalized spacial score (nSPS) is 9.46. The molecule has 0 spiro atoms. The summed E-state index contributed by atoms with van der Waals surface area (Å²) in [6.07, 6.45) is 11.8. The molecule has 128 valence electrons. The fourth-order valence-electron chi connectivity index (χ4n) is 1.31. The summed E-state index contributed by atoms with van der Waals surface area (Å²) < 4.78 is 1.89. The van der Waals surface area contributed by atoms with Crippen molar-refractivity contribution in [3.63, 3.8) is 0 Å². The first-order valence-corrected chi connectivity index (χ1v) is 8.19. The molecular formula is C14H15Cl3N6O. The second kappa shape index (κ2) is 11.6. The number of ketones is 1. The van der Waals surface area contributed by atoms with E-state index in [0.717, 1.165) is 11.3 Å². The number of carbonyl (C=O) groups is 1. The minimum absolute atomic E-state index is 0.0312. The molecule has 0 aliphatic rings. The molecule has 0 saturated carbocycles. The summed E-state index contributed by atoms with van der Waals surface area (Å²) in [6, 6.07) is 0. The van der Waals surface area contributed by atoms with Gasteiger partial charge in [0, 0.05) is 31.0 Å². The van der Waals surface area contributed by atoms with E-state index in [1.54, 1.807) is 24.8 Å². The van der Waals surface area contributed by atoms with E-state index in [0.29, 0.717) is 11.7 Å². The molecule has 3 heterocycles. The number of nitrogens with two attached hydrogens (primary N) is 1. The summed E-state index contributed by atoms with van der Waals surface area (Å²) in [5, 5.41) is 0. The molecule has 0 bridgehead atoms. The third-order valence-electron chi connectivity index (χ3n) is 2.33. The van der Waals surface area contributed by atoms with Gasteiger partial charge in [0.25, 0.3) is 0 Å². The van der Waals surface area contributed by atoms with Crippen LogP contribution in [-0.2, 0) is 10.7 Å². The molecule has 7 nitrogen and oxygen atoms in total. The second-order valence-electron chi connectivity index (χ2n) is 4.14. The minimum atomic E-state index is -0.127. The summed E-state index contributed by atoms with van der Waals surface area (Å²) in [7, 11) is 0. The van der Waals surface area contributed by atoms with Crippen LogP contribution in [0, 0.1) is 0 Å². The van der Waals surface area contributed by atoms with E-state index >= 15 is 0 Å². The topological polar surface area (TPSA) is 99.1 Å². The van der Waals surface area contributed by atoms with Crippen LogP contribution in [-0.4, -0.2) is 41.9 Å². The lowest BCUT2D eigenvalue weighted by Gasteiger charge is -1.86.